The first-order chi connectivity index (χ1) is 15.7. The topological polar surface area (TPSA) is 113 Å². The van der Waals surface area contributed by atoms with Crippen LogP contribution in [-0.4, -0.2) is 49.7 Å². The van der Waals surface area contributed by atoms with Crippen LogP contribution in [-0.2, 0) is 10.0 Å². The first-order valence-electron chi connectivity index (χ1n) is 11.1. The molecule has 0 aliphatic carbocycles. The smallest absolute Gasteiger partial charge is 0.293 e. The fourth-order valence-corrected chi connectivity index (χ4v) is 5.50. The van der Waals surface area contributed by atoms with Crippen LogP contribution in [0.15, 0.2) is 41.3 Å². The number of nitrogens with zero attached hydrogens (tertiary/aromatic N) is 3. The number of hydrogen-bond donors (Lipinski definition) is 1. The average Bonchev–Trinajstić information content (AvgIpc) is 2.81. The summed E-state index contributed by atoms with van der Waals surface area (Å²) in [5, 5.41) is 14.4. The molecule has 1 aliphatic rings. The number of rotatable bonds is 8. The van der Waals surface area contributed by atoms with E-state index in [0.717, 1.165) is 32.4 Å². The van der Waals surface area contributed by atoms with Crippen molar-refractivity contribution in [2.75, 3.05) is 36.4 Å². The molecule has 1 amide bonds. The summed E-state index contributed by atoms with van der Waals surface area (Å²) in [6, 6.07) is 9.04. The number of nitro benzene ring substituents is 1. The highest BCUT2D eigenvalue weighted by atomic mass is 32.2. The van der Waals surface area contributed by atoms with Crippen LogP contribution in [0.4, 0.5) is 17.1 Å². The van der Waals surface area contributed by atoms with E-state index in [0.29, 0.717) is 30.0 Å². The Hall–Kier alpha value is -2.98. The second kappa shape index (κ2) is 10.3. The third kappa shape index (κ3) is 5.33. The molecule has 0 atom stereocenters. The Morgan fingerprint density at radius 3 is 2.36 bits per heavy atom. The van der Waals surface area contributed by atoms with Crippen molar-refractivity contribution in [1.29, 1.82) is 0 Å². The van der Waals surface area contributed by atoms with Crippen LogP contribution in [0, 0.1) is 17.0 Å². The Labute approximate surface area is 194 Å². The summed E-state index contributed by atoms with van der Waals surface area (Å²) in [7, 11) is -3.69. The molecule has 0 saturated carbocycles. The molecular weight excluding hydrogens is 444 g/mol. The lowest BCUT2D eigenvalue weighted by Crippen LogP contribution is -2.30. The lowest BCUT2D eigenvalue weighted by Gasteiger charge is -2.28. The molecule has 2 aromatic rings. The molecular formula is C23H30N4O5S. The fourth-order valence-electron chi connectivity index (χ4n) is 4.02. The van der Waals surface area contributed by atoms with Crippen molar-refractivity contribution in [1.82, 2.24) is 4.31 Å². The van der Waals surface area contributed by atoms with Crippen molar-refractivity contribution in [3.05, 3.63) is 57.6 Å². The van der Waals surface area contributed by atoms with Gasteiger partial charge < -0.3 is 10.2 Å². The largest absolute Gasteiger partial charge is 0.366 e. The number of nitro groups is 1. The third-order valence-electron chi connectivity index (χ3n) is 5.93. The highest BCUT2D eigenvalue weighted by Gasteiger charge is 2.25. The van der Waals surface area contributed by atoms with Gasteiger partial charge in [0.2, 0.25) is 10.0 Å². The van der Waals surface area contributed by atoms with Gasteiger partial charge in [0.15, 0.2) is 0 Å². The van der Waals surface area contributed by atoms with Crippen LogP contribution in [0.5, 0.6) is 0 Å². The maximum Gasteiger partial charge on any atom is 0.293 e. The number of anilines is 2. The second-order valence-corrected chi connectivity index (χ2v) is 9.97. The molecule has 9 nitrogen and oxygen atoms in total. The second-order valence-electron chi connectivity index (χ2n) is 8.03. The predicted molar refractivity (Wildman–Crippen MR) is 128 cm³/mol. The summed E-state index contributed by atoms with van der Waals surface area (Å²) in [6.07, 6.45) is 3.06. The number of aryl methyl sites for hydroxylation is 1. The molecule has 1 heterocycles. The molecule has 0 aromatic heterocycles. The average molecular weight is 475 g/mol. The maximum atomic E-state index is 12.9. The number of carbonyl (C=O) groups is 1. The van der Waals surface area contributed by atoms with Crippen molar-refractivity contribution >= 4 is 33.0 Å². The van der Waals surface area contributed by atoms with Crippen LogP contribution in [0.1, 0.15) is 49.0 Å². The molecule has 1 aliphatic heterocycles. The van der Waals surface area contributed by atoms with Gasteiger partial charge in [0.05, 0.1) is 9.82 Å². The van der Waals surface area contributed by atoms with Gasteiger partial charge in [0.1, 0.15) is 5.69 Å². The van der Waals surface area contributed by atoms with E-state index in [4.69, 9.17) is 0 Å². The highest BCUT2D eigenvalue weighted by Crippen LogP contribution is 2.32. The molecule has 1 N–H and O–H groups in total. The van der Waals surface area contributed by atoms with Gasteiger partial charge in [-0.2, -0.15) is 4.31 Å². The van der Waals surface area contributed by atoms with Gasteiger partial charge in [-0.05, 0) is 56.0 Å². The normalized spacial score (nSPS) is 14.4. The molecule has 2 aromatic carbocycles. The van der Waals surface area contributed by atoms with Crippen LogP contribution < -0.4 is 10.2 Å². The molecule has 0 radical (unpaired) electrons. The summed E-state index contributed by atoms with van der Waals surface area (Å²) in [6.45, 7) is 7.45. The Morgan fingerprint density at radius 2 is 1.76 bits per heavy atom. The first-order valence-corrected chi connectivity index (χ1v) is 12.6. The SMILES string of the molecule is CCN(CC)S(=O)(=O)c1ccc(C)c(NC(=O)c2ccc(N3CCCCC3)c([N+](=O)[O-])c2)c1. The molecule has 10 heteroatoms. The minimum Gasteiger partial charge on any atom is -0.366 e. The van der Waals surface area contributed by atoms with Crippen molar-refractivity contribution in [3.8, 4) is 0 Å². The van der Waals surface area contributed by atoms with Crippen LogP contribution in [0.2, 0.25) is 0 Å². The summed E-state index contributed by atoms with van der Waals surface area (Å²) >= 11 is 0. The summed E-state index contributed by atoms with van der Waals surface area (Å²) in [4.78, 5) is 26.2. The monoisotopic (exact) mass is 474 g/mol. The molecule has 178 valence electrons. The Balaban J connectivity index is 1.89. The Morgan fingerprint density at radius 1 is 1.09 bits per heavy atom. The van der Waals surface area contributed by atoms with Crippen molar-refractivity contribution in [2.24, 2.45) is 0 Å². The molecule has 1 fully saturated rings. The minimum atomic E-state index is -3.69. The quantitative estimate of drug-likeness (QED) is 0.454. The summed E-state index contributed by atoms with van der Waals surface area (Å²) < 4.78 is 27.0. The Bertz CT molecular complexity index is 1140. The van der Waals surface area contributed by atoms with E-state index in [1.54, 1.807) is 39.0 Å². The van der Waals surface area contributed by atoms with E-state index in [9.17, 15) is 23.3 Å². The van der Waals surface area contributed by atoms with E-state index >= 15 is 0 Å². The predicted octanol–water partition coefficient (Wildman–Crippen LogP) is 4.18. The molecule has 33 heavy (non-hydrogen) atoms. The van der Waals surface area contributed by atoms with Gasteiger partial charge in [-0.25, -0.2) is 8.42 Å². The van der Waals surface area contributed by atoms with Gasteiger partial charge in [0, 0.05) is 43.5 Å². The molecule has 1 saturated heterocycles. The number of hydrogen-bond acceptors (Lipinski definition) is 6. The maximum absolute atomic E-state index is 12.9. The summed E-state index contributed by atoms with van der Waals surface area (Å²) in [5.41, 5.74) is 1.56. The lowest BCUT2D eigenvalue weighted by molar-refractivity contribution is -0.384. The van der Waals surface area contributed by atoms with Crippen LogP contribution >= 0.6 is 0 Å². The highest BCUT2D eigenvalue weighted by molar-refractivity contribution is 7.89. The first kappa shape index (κ1) is 24.7. The van der Waals surface area contributed by atoms with Gasteiger partial charge in [-0.3, -0.25) is 14.9 Å². The summed E-state index contributed by atoms with van der Waals surface area (Å²) in [5.74, 6) is -0.538. The van der Waals surface area contributed by atoms with Gasteiger partial charge in [-0.1, -0.05) is 19.9 Å². The molecule has 0 bridgehead atoms. The molecule has 3 rings (SSSR count). The van der Waals surface area contributed by atoms with E-state index in [1.807, 2.05) is 4.90 Å². The fraction of sp³-hybridized carbons (Fsp3) is 0.435. The van der Waals surface area contributed by atoms with Crippen LogP contribution in [0.3, 0.4) is 0 Å². The number of nitrogens with one attached hydrogen (secondary N) is 1. The van der Waals surface area contributed by atoms with Crippen molar-refractivity contribution < 1.29 is 18.1 Å². The standard InChI is InChI=1S/C23H30N4O5S/c1-4-26(5-2)33(31,32)19-11-9-17(3)20(16-19)24-23(28)18-10-12-21(22(15-18)27(29)30)25-13-7-6-8-14-25/h9-12,15-16H,4-8,13-14H2,1-3H3,(H,24,28). The van der Waals surface area contributed by atoms with Gasteiger partial charge in [0.25, 0.3) is 11.6 Å². The van der Waals surface area contributed by atoms with Gasteiger partial charge >= 0.3 is 0 Å². The van der Waals surface area contributed by atoms with E-state index in [-0.39, 0.29) is 16.1 Å². The Kier molecular flexibility index (Phi) is 7.70. The number of piperidine rings is 1. The van der Waals surface area contributed by atoms with Crippen molar-refractivity contribution in [3.63, 3.8) is 0 Å². The number of carbonyl (C=O) groups excluding carboxylic acids is 1. The van der Waals surface area contributed by atoms with Gasteiger partial charge in [-0.15, -0.1) is 0 Å². The lowest BCUT2D eigenvalue weighted by atomic mass is 10.1. The molecule has 0 spiro atoms. The zero-order valence-electron chi connectivity index (χ0n) is 19.2. The van der Waals surface area contributed by atoms with E-state index in [2.05, 4.69) is 5.32 Å². The number of benzene rings is 2. The van der Waals surface area contributed by atoms with Crippen LogP contribution in [0.25, 0.3) is 0 Å². The van der Waals surface area contributed by atoms with E-state index < -0.39 is 20.9 Å². The molecule has 0 unspecified atom stereocenters. The number of amides is 1. The zero-order valence-corrected chi connectivity index (χ0v) is 20.0. The van der Waals surface area contributed by atoms with Crippen molar-refractivity contribution in [2.45, 2.75) is 44.9 Å². The zero-order chi connectivity index (χ0) is 24.2. The number of sulfonamides is 1. The minimum absolute atomic E-state index is 0.0820. The third-order valence-corrected chi connectivity index (χ3v) is 7.98. The van der Waals surface area contributed by atoms with E-state index in [1.165, 1.54) is 22.5 Å².